The quantitative estimate of drug-likeness (QED) is 0.399. The normalized spacial score (nSPS) is 20.0. The van der Waals surface area contributed by atoms with Crippen molar-refractivity contribution in [2.24, 2.45) is 0 Å². The van der Waals surface area contributed by atoms with Crippen molar-refractivity contribution in [1.82, 2.24) is 0 Å². The van der Waals surface area contributed by atoms with Crippen LogP contribution in [0, 0.1) is 0 Å². The van der Waals surface area contributed by atoms with Gasteiger partial charge in [-0.2, -0.15) is 0 Å². The average molecular weight is 315 g/mol. The second kappa shape index (κ2) is 5.66. The Morgan fingerprint density at radius 2 is 1.64 bits per heavy atom. The van der Waals surface area contributed by atoms with Crippen molar-refractivity contribution in [2.75, 3.05) is 0 Å². The number of rotatable bonds is 2. The highest BCUT2D eigenvalue weighted by Gasteiger charge is 2.42. The van der Waals surface area contributed by atoms with Gasteiger partial charge in [0.05, 0.1) is 5.57 Å². The maximum atomic E-state index is 12.1. The molecule has 3 rings (SSSR count). The lowest BCUT2D eigenvalue weighted by molar-refractivity contribution is -0.149. The lowest BCUT2D eigenvalue weighted by Crippen LogP contribution is -2.08. The van der Waals surface area contributed by atoms with E-state index in [1.165, 1.54) is 0 Å². The van der Waals surface area contributed by atoms with Gasteiger partial charge < -0.3 is 9.84 Å². The minimum Gasteiger partial charge on any atom is -0.507 e. The van der Waals surface area contributed by atoms with Crippen LogP contribution in [0.5, 0.6) is 0 Å². The van der Waals surface area contributed by atoms with Crippen LogP contribution in [0.4, 0.5) is 0 Å². The number of aliphatic hydroxyl groups is 1. The molecule has 22 heavy (non-hydrogen) atoms. The van der Waals surface area contributed by atoms with Crippen molar-refractivity contribution in [3.05, 3.63) is 76.3 Å². The first kappa shape index (κ1) is 14.4. The van der Waals surface area contributed by atoms with Crippen molar-refractivity contribution in [2.45, 2.75) is 6.10 Å². The van der Waals surface area contributed by atoms with Gasteiger partial charge in [0.2, 0.25) is 0 Å². The molecule has 1 unspecified atom stereocenters. The maximum Gasteiger partial charge on any atom is 0.380 e. The Hall–Kier alpha value is -2.59. The largest absolute Gasteiger partial charge is 0.507 e. The first-order valence-corrected chi connectivity index (χ1v) is 6.95. The van der Waals surface area contributed by atoms with E-state index in [0.717, 1.165) is 0 Å². The molecule has 0 aliphatic carbocycles. The first-order chi connectivity index (χ1) is 10.6. The van der Waals surface area contributed by atoms with E-state index in [9.17, 15) is 14.7 Å². The monoisotopic (exact) mass is 314 g/mol. The molecule has 1 atom stereocenters. The van der Waals surface area contributed by atoms with Crippen LogP contribution < -0.4 is 0 Å². The van der Waals surface area contributed by atoms with Crippen molar-refractivity contribution < 1.29 is 19.4 Å². The van der Waals surface area contributed by atoms with E-state index in [2.05, 4.69) is 0 Å². The average Bonchev–Trinajstić information content (AvgIpc) is 2.84. The predicted octanol–water partition coefficient (Wildman–Crippen LogP) is 3.48. The van der Waals surface area contributed by atoms with Gasteiger partial charge in [-0.15, -0.1) is 0 Å². The summed E-state index contributed by atoms with van der Waals surface area (Å²) in [5.41, 5.74) is 0.961. The number of ether oxygens (including phenoxy) is 1. The number of hydrogen-bond acceptors (Lipinski definition) is 4. The summed E-state index contributed by atoms with van der Waals surface area (Å²) in [6.45, 7) is 0. The van der Waals surface area contributed by atoms with Crippen molar-refractivity contribution in [1.29, 1.82) is 0 Å². The second-order valence-corrected chi connectivity index (χ2v) is 5.23. The summed E-state index contributed by atoms with van der Waals surface area (Å²) in [4.78, 5) is 23.7. The molecular formula is C17H11ClO4. The van der Waals surface area contributed by atoms with Crippen LogP contribution >= 0.6 is 11.6 Å². The molecule has 0 radical (unpaired) electrons. The molecule has 2 aromatic rings. The van der Waals surface area contributed by atoms with Crippen LogP contribution in [0.3, 0.4) is 0 Å². The van der Waals surface area contributed by atoms with Gasteiger partial charge in [0, 0.05) is 10.6 Å². The number of carbonyl (C=O) groups excluding carboxylic acids is 2. The van der Waals surface area contributed by atoms with Gasteiger partial charge in [0.15, 0.2) is 6.10 Å². The fraction of sp³-hybridized carbons (Fsp3) is 0.0588. The summed E-state index contributed by atoms with van der Waals surface area (Å²) in [5, 5.41) is 10.9. The lowest BCUT2D eigenvalue weighted by Gasteiger charge is -2.12. The van der Waals surface area contributed by atoms with Crippen LogP contribution in [-0.2, 0) is 14.3 Å². The fourth-order valence-electron chi connectivity index (χ4n) is 2.30. The molecule has 0 spiro atoms. The minimum atomic E-state index is -0.975. The van der Waals surface area contributed by atoms with E-state index in [-0.39, 0.29) is 11.3 Å². The third-order valence-electron chi connectivity index (χ3n) is 3.39. The standard InChI is InChI=1S/C17H11ClO4/c18-12-8-6-11(7-9-12)16-13(15(20)17(21)22-16)14(19)10-4-2-1-3-5-10/h1-9,16,19H. The Balaban J connectivity index is 2.11. The Kier molecular flexibility index (Phi) is 3.69. The minimum absolute atomic E-state index is 0.0569. The van der Waals surface area contributed by atoms with E-state index in [4.69, 9.17) is 16.3 Å². The molecular weight excluding hydrogens is 304 g/mol. The van der Waals surface area contributed by atoms with E-state index in [1.54, 1.807) is 54.6 Å². The van der Waals surface area contributed by atoms with Crippen LogP contribution in [0.25, 0.3) is 5.76 Å². The summed E-state index contributed by atoms with van der Waals surface area (Å²) in [6.07, 6.45) is -0.933. The zero-order valence-corrected chi connectivity index (χ0v) is 12.1. The molecule has 0 amide bonds. The Morgan fingerprint density at radius 3 is 2.27 bits per heavy atom. The van der Waals surface area contributed by atoms with E-state index < -0.39 is 17.9 Å². The zero-order valence-electron chi connectivity index (χ0n) is 11.3. The molecule has 4 nitrogen and oxygen atoms in total. The van der Waals surface area contributed by atoms with Crippen LogP contribution in [0.2, 0.25) is 5.02 Å². The van der Waals surface area contributed by atoms with Gasteiger partial charge >= 0.3 is 5.97 Å². The van der Waals surface area contributed by atoms with Crippen molar-refractivity contribution in [3.63, 3.8) is 0 Å². The Morgan fingerprint density at radius 1 is 1.00 bits per heavy atom. The molecule has 0 aromatic heterocycles. The number of aliphatic hydroxyl groups excluding tert-OH is 1. The summed E-state index contributed by atoms with van der Waals surface area (Å²) in [7, 11) is 0. The highest BCUT2D eigenvalue weighted by molar-refractivity contribution is 6.44. The molecule has 5 heteroatoms. The molecule has 1 fully saturated rings. The number of hydrogen-bond donors (Lipinski definition) is 1. The smallest absolute Gasteiger partial charge is 0.380 e. The number of halogens is 1. The van der Waals surface area contributed by atoms with Gasteiger partial charge in [-0.25, -0.2) is 4.79 Å². The molecule has 1 N–H and O–H groups in total. The van der Waals surface area contributed by atoms with E-state index >= 15 is 0 Å². The van der Waals surface area contributed by atoms with E-state index in [1.807, 2.05) is 0 Å². The van der Waals surface area contributed by atoms with E-state index in [0.29, 0.717) is 16.1 Å². The number of cyclic esters (lactones) is 1. The first-order valence-electron chi connectivity index (χ1n) is 6.57. The molecule has 1 aliphatic heterocycles. The summed E-state index contributed by atoms with van der Waals surface area (Å²) in [5.74, 6) is -2.06. The number of carbonyl (C=O) groups is 2. The maximum absolute atomic E-state index is 12.1. The van der Waals surface area contributed by atoms with Gasteiger partial charge in [0.1, 0.15) is 5.76 Å². The van der Waals surface area contributed by atoms with Crippen LogP contribution in [0.1, 0.15) is 17.2 Å². The van der Waals surface area contributed by atoms with Crippen LogP contribution in [0.15, 0.2) is 60.2 Å². The predicted molar refractivity (Wildman–Crippen MR) is 81.3 cm³/mol. The number of ketones is 1. The highest BCUT2D eigenvalue weighted by Crippen LogP contribution is 2.37. The number of esters is 1. The van der Waals surface area contributed by atoms with Gasteiger partial charge in [-0.05, 0) is 17.7 Å². The molecule has 1 aliphatic rings. The molecule has 110 valence electrons. The molecule has 0 saturated carbocycles. The topological polar surface area (TPSA) is 63.6 Å². The molecule has 1 saturated heterocycles. The third kappa shape index (κ3) is 2.49. The fourth-order valence-corrected chi connectivity index (χ4v) is 2.43. The summed E-state index contributed by atoms with van der Waals surface area (Å²) < 4.78 is 5.11. The molecule has 0 bridgehead atoms. The lowest BCUT2D eigenvalue weighted by atomic mass is 9.97. The van der Waals surface area contributed by atoms with Crippen LogP contribution in [-0.4, -0.2) is 16.9 Å². The van der Waals surface area contributed by atoms with Gasteiger partial charge in [0.25, 0.3) is 5.78 Å². The second-order valence-electron chi connectivity index (χ2n) is 4.79. The molecule has 2 aromatic carbocycles. The number of benzene rings is 2. The van der Waals surface area contributed by atoms with Gasteiger partial charge in [-0.3, -0.25) is 4.79 Å². The third-order valence-corrected chi connectivity index (χ3v) is 3.64. The highest BCUT2D eigenvalue weighted by atomic mass is 35.5. The van der Waals surface area contributed by atoms with Crippen molar-refractivity contribution >= 4 is 29.1 Å². The summed E-state index contributed by atoms with van der Waals surface area (Å²) in [6, 6.07) is 15.1. The van der Waals surface area contributed by atoms with Gasteiger partial charge in [-0.1, -0.05) is 54.1 Å². The Labute approximate surface area is 131 Å². The zero-order chi connectivity index (χ0) is 15.7. The summed E-state index contributed by atoms with van der Waals surface area (Å²) >= 11 is 5.83. The Bertz CT molecular complexity index is 763. The molecule has 1 heterocycles. The number of Topliss-reactive ketones (excluding diaryl/α,β-unsaturated/α-hetero) is 1. The SMILES string of the molecule is O=C1OC(c2ccc(Cl)cc2)C(=C(O)c2ccccc2)C1=O. The van der Waals surface area contributed by atoms with Crippen molar-refractivity contribution in [3.8, 4) is 0 Å².